The third-order valence-electron chi connectivity index (χ3n) is 11.1. The van der Waals surface area contributed by atoms with E-state index in [1.807, 2.05) is 0 Å². The van der Waals surface area contributed by atoms with E-state index in [1.165, 1.54) is 0 Å². The molecule has 0 aromatic carbocycles. The van der Waals surface area contributed by atoms with E-state index < -0.39 is 87.2 Å². The van der Waals surface area contributed by atoms with Crippen molar-refractivity contribution in [2.75, 3.05) is 0 Å². The third kappa shape index (κ3) is 12.3. The first kappa shape index (κ1) is 48.0. The zero-order valence-corrected chi connectivity index (χ0v) is 46.3. The van der Waals surface area contributed by atoms with E-state index in [-0.39, 0.29) is 62.4 Å². The topological polar surface area (TPSA) is 105 Å². The van der Waals surface area contributed by atoms with Crippen molar-refractivity contribution >= 4 is 89.4 Å². The standard InChI is InChI=1S/C38H80O8Si8/c1-47(2,3)27-51(13,14)43-31(39)35-21-36(32(40)44-52(15,16)28-48(4,5)6)24-37(22-35,33(41)45-53(17,18)29-49(7,8)9)26-38(23-35,25-36)34(42)46-54(19,20)30-50(10,11)12/h21-30H2,1-20H3. The van der Waals surface area contributed by atoms with Gasteiger partial charge in [0.2, 0.25) is 33.3 Å². The summed E-state index contributed by atoms with van der Waals surface area (Å²) in [6.45, 7) is 44.5. The van der Waals surface area contributed by atoms with E-state index >= 15 is 19.2 Å². The summed E-state index contributed by atoms with van der Waals surface area (Å²) in [5.74, 6) is -1.34. The van der Waals surface area contributed by atoms with Gasteiger partial charge in [0, 0.05) is 32.3 Å². The largest absolute Gasteiger partial charge is 0.519 e. The highest BCUT2D eigenvalue weighted by Gasteiger charge is 2.78. The molecule has 4 aliphatic rings. The Balaban J connectivity index is 2.30. The van der Waals surface area contributed by atoms with Crippen molar-refractivity contribution in [3.05, 3.63) is 0 Å². The summed E-state index contributed by atoms with van der Waals surface area (Å²) in [6, 6.07) is 0. The minimum absolute atomic E-state index is 0.238. The maximum absolute atomic E-state index is 15.1. The van der Waals surface area contributed by atoms with E-state index in [1.54, 1.807) is 0 Å². The molecule has 0 N–H and O–H groups in total. The van der Waals surface area contributed by atoms with Crippen molar-refractivity contribution in [3.63, 3.8) is 0 Å². The Kier molecular flexibility index (Phi) is 13.1. The maximum Gasteiger partial charge on any atom is 0.298 e. The Morgan fingerprint density at radius 1 is 0.315 bits per heavy atom. The second kappa shape index (κ2) is 14.7. The number of hydrogen-bond acceptors (Lipinski definition) is 8. The van der Waals surface area contributed by atoms with Gasteiger partial charge in [0.1, 0.15) is 0 Å². The Hall–Kier alpha value is -0.385. The summed E-state index contributed by atoms with van der Waals surface area (Å²) >= 11 is 0. The molecule has 0 unspecified atom stereocenters. The molecule has 0 amide bonds. The van der Waals surface area contributed by atoms with Gasteiger partial charge in [-0.25, -0.2) is 0 Å². The number of hydrogen-bond donors (Lipinski definition) is 0. The van der Waals surface area contributed by atoms with Gasteiger partial charge in [-0.1, -0.05) is 78.6 Å². The average Bonchev–Trinajstić information content (AvgIpc) is 2.80. The molecule has 4 saturated carbocycles. The maximum atomic E-state index is 15.1. The first-order valence-electron chi connectivity index (χ1n) is 20.5. The van der Waals surface area contributed by atoms with Gasteiger partial charge in [0.05, 0.1) is 21.7 Å². The fraction of sp³-hybridized carbons (Fsp3) is 0.895. The van der Waals surface area contributed by atoms with Crippen molar-refractivity contribution in [2.45, 2.75) is 192 Å². The van der Waals surface area contributed by atoms with Crippen molar-refractivity contribution in [3.8, 4) is 0 Å². The molecule has 0 aromatic rings. The molecular weight excluding hydrogens is 809 g/mol. The highest BCUT2D eigenvalue weighted by molar-refractivity contribution is 6.94. The molecule has 16 heteroatoms. The molecule has 312 valence electrons. The fourth-order valence-electron chi connectivity index (χ4n) is 12.2. The lowest BCUT2D eigenvalue weighted by atomic mass is 9.35. The van der Waals surface area contributed by atoms with Crippen LogP contribution in [-0.4, -0.2) is 89.4 Å². The monoisotopic (exact) mass is 888 g/mol. The molecule has 0 aliphatic heterocycles. The van der Waals surface area contributed by atoms with Crippen molar-refractivity contribution in [1.82, 2.24) is 0 Å². The molecule has 4 bridgehead atoms. The second-order valence-electron chi connectivity index (χ2n) is 25.7. The summed E-state index contributed by atoms with van der Waals surface area (Å²) in [7, 11) is -16.4. The van der Waals surface area contributed by atoms with Crippen LogP contribution in [0.4, 0.5) is 0 Å². The van der Waals surface area contributed by atoms with Gasteiger partial charge < -0.3 is 17.7 Å². The summed E-state index contributed by atoms with van der Waals surface area (Å²) in [4.78, 5) is 60.5. The Labute approximate surface area is 338 Å². The van der Waals surface area contributed by atoms with Crippen LogP contribution in [0, 0.1) is 21.7 Å². The van der Waals surface area contributed by atoms with Crippen LogP contribution >= 0.6 is 0 Å². The molecule has 4 fully saturated rings. The van der Waals surface area contributed by atoms with E-state index in [4.69, 9.17) is 17.7 Å². The smallest absolute Gasteiger partial charge is 0.298 e. The van der Waals surface area contributed by atoms with E-state index in [0.29, 0.717) is 0 Å². The van der Waals surface area contributed by atoms with Crippen LogP contribution < -0.4 is 0 Å². The zero-order chi connectivity index (χ0) is 42.2. The SMILES string of the molecule is C[Si](C)(C)C[Si](C)(C)OC(=O)C12CC3(C(=O)O[Si](C)(C)C[Si](C)(C)C)CC(C(=O)O[Si](C)(C)C[Si](C)(C)C)(C1)CC(C(=O)O[Si](C)(C)C[Si](C)(C)C)(C2)C3. The van der Waals surface area contributed by atoms with Gasteiger partial charge >= 0.3 is 0 Å². The number of carbonyl (C=O) groups is 4. The van der Waals surface area contributed by atoms with Crippen molar-refractivity contribution in [1.29, 1.82) is 0 Å². The van der Waals surface area contributed by atoms with Crippen LogP contribution in [0.3, 0.4) is 0 Å². The van der Waals surface area contributed by atoms with E-state index in [0.717, 1.165) is 22.7 Å². The minimum atomic E-state index is -2.51. The Bertz CT molecular complexity index is 1220. The van der Waals surface area contributed by atoms with Crippen LogP contribution in [0.5, 0.6) is 0 Å². The molecule has 0 heterocycles. The van der Waals surface area contributed by atoms with Crippen LogP contribution in [0.25, 0.3) is 0 Å². The van der Waals surface area contributed by atoms with Gasteiger partial charge in [0.15, 0.2) is 0 Å². The van der Waals surface area contributed by atoms with Gasteiger partial charge in [-0.3, -0.25) is 19.2 Å². The van der Waals surface area contributed by atoms with Crippen molar-refractivity contribution < 1.29 is 36.9 Å². The van der Waals surface area contributed by atoms with E-state index in [2.05, 4.69) is 131 Å². The van der Waals surface area contributed by atoms with Gasteiger partial charge in [0.25, 0.3) is 23.9 Å². The number of rotatable bonds is 16. The molecule has 0 atom stereocenters. The highest BCUT2D eigenvalue weighted by atomic mass is 28.4. The molecule has 0 radical (unpaired) electrons. The lowest BCUT2D eigenvalue weighted by molar-refractivity contribution is -0.226. The summed E-state index contributed by atoms with van der Waals surface area (Å²) in [5, 5.41) is 0. The van der Waals surface area contributed by atoms with E-state index in [9.17, 15) is 0 Å². The second-order valence-corrected chi connectivity index (χ2v) is 66.8. The fourth-order valence-corrected chi connectivity index (χ4v) is 57.1. The molecule has 8 nitrogen and oxygen atoms in total. The first-order chi connectivity index (χ1) is 23.6. The van der Waals surface area contributed by atoms with Crippen molar-refractivity contribution in [2.24, 2.45) is 21.7 Å². The molecule has 0 saturated heterocycles. The van der Waals surface area contributed by atoms with Gasteiger partial charge in [-0.05, 0) is 114 Å². The summed E-state index contributed by atoms with van der Waals surface area (Å²) in [6.07, 6.45) is 1.43. The lowest BCUT2D eigenvalue weighted by Crippen LogP contribution is -2.70. The predicted octanol–water partition coefficient (Wildman–Crippen LogP) is 10.8. The predicted molar refractivity (Wildman–Crippen MR) is 244 cm³/mol. The first-order valence-corrected chi connectivity index (χ1v) is 47.8. The minimum Gasteiger partial charge on any atom is -0.519 e. The molecule has 0 spiro atoms. The molecule has 4 rings (SSSR count). The van der Waals surface area contributed by atoms with Gasteiger partial charge in [-0.2, -0.15) is 0 Å². The van der Waals surface area contributed by atoms with Crippen LogP contribution in [0.2, 0.25) is 154 Å². The van der Waals surface area contributed by atoms with Crippen LogP contribution in [0.1, 0.15) is 38.5 Å². The van der Waals surface area contributed by atoms with Crippen LogP contribution in [-0.2, 0) is 36.9 Å². The van der Waals surface area contributed by atoms with Crippen LogP contribution in [0.15, 0.2) is 0 Å². The van der Waals surface area contributed by atoms with Gasteiger partial charge in [-0.15, -0.1) is 0 Å². The molecule has 4 aliphatic carbocycles. The Morgan fingerprint density at radius 3 is 0.556 bits per heavy atom. The third-order valence-corrected chi connectivity index (χ3v) is 44.6. The Morgan fingerprint density at radius 2 is 0.444 bits per heavy atom. The number of carbonyl (C=O) groups excluding carboxylic acids is 4. The molecular formula is C38H80O8Si8. The lowest BCUT2D eigenvalue weighted by Gasteiger charge is -2.67. The summed E-state index contributed by atoms with van der Waals surface area (Å²) in [5.41, 5.74) is -1.19. The molecule has 0 aromatic heterocycles. The average molecular weight is 890 g/mol. The zero-order valence-electron chi connectivity index (χ0n) is 38.3. The highest BCUT2D eigenvalue weighted by Crippen LogP contribution is 2.75. The molecule has 54 heavy (non-hydrogen) atoms. The normalized spacial score (nSPS) is 28.1. The quantitative estimate of drug-likeness (QED) is 0.141. The summed E-state index contributed by atoms with van der Waals surface area (Å²) < 4.78 is 26.8.